The summed E-state index contributed by atoms with van der Waals surface area (Å²) in [6.45, 7) is 1.96. The molecule has 1 aromatic carbocycles. The number of nitrogens with two attached hydrogens (primary N) is 1. The Kier molecular flexibility index (Phi) is 5.72. The van der Waals surface area contributed by atoms with E-state index in [1.807, 2.05) is 13.0 Å². The van der Waals surface area contributed by atoms with Gasteiger partial charge in [0.1, 0.15) is 0 Å². The van der Waals surface area contributed by atoms with Crippen LogP contribution >= 0.6 is 11.6 Å². The molecule has 0 aliphatic heterocycles. The topological polar surface area (TPSA) is 64.7 Å². The highest BCUT2D eigenvalue weighted by molar-refractivity contribution is 6.33. The van der Waals surface area contributed by atoms with Gasteiger partial charge in [-0.2, -0.15) is 0 Å². The van der Waals surface area contributed by atoms with Gasteiger partial charge < -0.3 is 20.3 Å². The Hall–Kier alpha value is -0.970. The number of aliphatic hydroxyl groups excluding tert-OH is 1. The number of halogens is 1. The van der Waals surface area contributed by atoms with Gasteiger partial charge in [-0.25, -0.2) is 0 Å². The molecule has 0 heterocycles. The van der Waals surface area contributed by atoms with Crippen LogP contribution in [0.4, 0.5) is 0 Å². The first-order chi connectivity index (χ1) is 8.56. The molecule has 4 nitrogen and oxygen atoms in total. The van der Waals surface area contributed by atoms with E-state index >= 15 is 0 Å². The molecule has 5 heteroatoms. The summed E-state index contributed by atoms with van der Waals surface area (Å²) >= 11 is 6.33. The van der Waals surface area contributed by atoms with Crippen LogP contribution in [0.5, 0.6) is 11.5 Å². The summed E-state index contributed by atoms with van der Waals surface area (Å²) in [7, 11) is 3.10. The summed E-state index contributed by atoms with van der Waals surface area (Å²) in [6, 6.07) is 3.56. The van der Waals surface area contributed by atoms with Crippen LogP contribution in [0, 0.1) is 0 Å². The van der Waals surface area contributed by atoms with E-state index in [-0.39, 0.29) is 18.6 Å². The number of benzene rings is 1. The van der Waals surface area contributed by atoms with E-state index in [9.17, 15) is 0 Å². The summed E-state index contributed by atoms with van der Waals surface area (Å²) in [5, 5.41) is 9.60. The Labute approximate surface area is 113 Å². The number of ether oxygens (including phenoxy) is 2. The number of methoxy groups -OCH3 is 2. The van der Waals surface area contributed by atoms with Crippen molar-refractivity contribution in [3.8, 4) is 11.5 Å². The van der Waals surface area contributed by atoms with Crippen LogP contribution < -0.4 is 15.2 Å². The molecule has 0 radical (unpaired) electrons. The fourth-order valence-corrected chi connectivity index (χ4v) is 2.41. The zero-order valence-electron chi connectivity index (χ0n) is 10.9. The average Bonchev–Trinajstić information content (AvgIpc) is 2.35. The second-order valence-corrected chi connectivity index (χ2v) is 4.56. The average molecular weight is 274 g/mol. The highest BCUT2D eigenvalue weighted by atomic mass is 35.5. The molecule has 0 bridgehead atoms. The lowest BCUT2D eigenvalue weighted by Gasteiger charge is -2.23. The van der Waals surface area contributed by atoms with Gasteiger partial charge >= 0.3 is 0 Å². The summed E-state index contributed by atoms with van der Waals surface area (Å²) < 4.78 is 10.4. The van der Waals surface area contributed by atoms with Gasteiger partial charge in [0.2, 0.25) is 0 Å². The molecule has 2 unspecified atom stereocenters. The molecular weight excluding hydrogens is 254 g/mol. The molecule has 0 aliphatic rings. The molecule has 0 spiro atoms. The molecule has 1 rings (SSSR count). The number of hydrogen-bond acceptors (Lipinski definition) is 4. The Morgan fingerprint density at radius 1 is 1.33 bits per heavy atom. The van der Waals surface area contributed by atoms with Crippen LogP contribution in [-0.4, -0.2) is 32.0 Å². The molecule has 1 aromatic rings. The Bertz CT molecular complexity index is 396. The summed E-state index contributed by atoms with van der Waals surface area (Å²) in [6.07, 6.45) is 0.562. The maximum atomic E-state index is 9.11. The Morgan fingerprint density at radius 3 is 2.44 bits per heavy atom. The van der Waals surface area contributed by atoms with Crippen molar-refractivity contribution in [1.29, 1.82) is 0 Å². The van der Waals surface area contributed by atoms with Crippen LogP contribution in [0.25, 0.3) is 0 Å². The first-order valence-corrected chi connectivity index (χ1v) is 6.21. The number of rotatable bonds is 6. The molecule has 0 saturated heterocycles. The fraction of sp³-hybridized carbons (Fsp3) is 0.538. The van der Waals surface area contributed by atoms with Gasteiger partial charge in [0.15, 0.2) is 11.5 Å². The van der Waals surface area contributed by atoms with E-state index in [0.29, 0.717) is 22.9 Å². The molecule has 0 saturated carbocycles. The maximum absolute atomic E-state index is 9.11. The molecule has 2 atom stereocenters. The second-order valence-electron chi connectivity index (χ2n) is 4.18. The van der Waals surface area contributed by atoms with E-state index < -0.39 is 0 Å². The summed E-state index contributed by atoms with van der Waals surface area (Å²) in [5.41, 5.74) is 6.82. The second kappa shape index (κ2) is 6.83. The third kappa shape index (κ3) is 3.07. The molecule has 0 aromatic heterocycles. The van der Waals surface area contributed by atoms with Crippen molar-refractivity contribution >= 4 is 11.6 Å². The van der Waals surface area contributed by atoms with Gasteiger partial charge in [0, 0.05) is 18.6 Å². The highest BCUT2D eigenvalue weighted by Crippen LogP contribution is 2.41. The minimum atomic E-state index is -0.104. The zero-order valence-corrected chi connectivity index (χ0v) is 11.7. The van der Waals surface area contributed by atoms with Crippen molar-refractivity contribution < 1.29 is 14.6 Å². The molecule has 0 fully saturated rings. The van der Waals surface area contributed by atoms with Crippen molar-refractivity contribution in [3.63, 3.8) is 0 Å². The number of hydrogen-bond donors (Lipinski definition) is 2. The third-order valence-electron chi connectivity index (χ3n) is 2.99. The summed E-state index contributed by atoms with van der Waals surface area (Å²) in [4.78, 5) is 0. The van der Waals surface area contributed by atoms with Crippen LogP contribution in [0.1, 0.15) is 24.8 Å². The first-order valence-electron chi connectivity index (χ1n) is 5.83. The van der Waals surface area contributed by atoms with Crippen LogP contribution in [0.2, 0.25) is 5.02 Å². The van der Waals surface area contributed by atoms with E-state index in [4.69, 9.17) is 31.9 Å². The first kappa shape index (κ1) is 15.1. The van der Waals surface area contributed by atoms with Crippen molar-refractivity contribution in [1.82, 2.24) is 0 Å². The van der Waals surface area contributed by atoms with Crippen LogP contribution in [0.15, 0.2) is 12.1 Å². The lowest BCUT2D eigenvalue weighted by Crippen LogP contribution is -2.26. The fourth-order valence-electron chi connectivity index (χ4n) is 2.03. The third-order valence-corrected chi connectivity index (χ3v) is 3.38. The van der Waals surface area contributed by atoms with Gasteiger partial charge in [-0.15, -0.1) is 0 Å². The molecule has 0 amide bonds. The van der Waals surface area contributed by atoms with Gasteiger partial charge in [0.25, 0.3) is 0 Å². The largest absolute Gasteiger partial charge is 0.493 e. The predicted octanol–water partition coefficient (Wildman–Crippen LogP) is 2.17. The standard InChI is InChI=1S/C13H20ClNO3/c1-8(15)9(6-7-16)10-4-5-11(17-2)13(18-3)12(10)14/h4-5,8-9,16H,6-7,15H2,1-3H3. The Morgan fingerprint density at radius 2 is 2.00 bits per heavy atom. The normalized spacial score (nSPS) is 14.1. The summed E-state index contributed by atoms with van der Waals surface area (Å²) in [5.74, 6) is 1.07. The highest BCUT2D eigenvalue weighted by Gasteiger charge is 2.22. The minimum Gasteiger partial charge on any atom is -0.493 e. The van der Waals surface area contributed by atoms with Crippen molar-refractivity contribution in [2.75, 3.05) is 20.8 Å². The van der Waals surface area contributed by atoms with Crippen molar-refractivity contribution in [3.05, 3.63) is 22.7 Å². The lowest BCUT2D eigenvalue weighted by molar-refractivity contribution is 0.268. The maximum Gasteiger partial charge on any atom is 0.179 e. The predicted molar refractivity (Wildman–Crippen MR) is 72.6 cm³/mol. The molecule has 18 heavy (non-hydrogen) atoms. The SMILES string of the molecule is COc1ccc(C(CCO)C(C)N)c(Cl)c1OC. The minimum absolute atomic E-state index is 0.0118. The van der Waals surface area contributed by atoms with E-state index in [0.717, 1.165) is 5.56 Å². The van der Waals surface area contributed by atoms with Crippen LogP contribution in [0.3, 0.4) is 0 Å². The smallest absolute Gasteiger partial charge is 0.179 e. The monoisotopic (exact) mass is 273 g/mol. The van der Waals surface area contributed by atoms with Crippen LogP contribution in [-0.2, 0) is 0 Å². The molecule has 3 N–H and O–H groups in total. The molecule has 0 aliphatic carbocycles. The molecule has 102 valence electrons. The van der Waals surface area contributed by atoms with Crippen molar-refractivity contribution in [2.24, 2.45) is 5.73 Å². The molecular formula is C13H20ClNO3. The van der Waals surface area contributed by atoms with E-state index in [2.05, 4.69) is 0 Å². The Balaban J connectivity index is 3.23. The lowest BCUT2D eigenvalue weighted by atomic mass is 9.90. The van der Waals surface area contributed by atoms with Gasteiger partial charge in [0.05, 0.1) is 19.2 Å². The quantitative estimate of drug-likeness (QED) is 0.834. The van der Waals surface area contributed by atoms with E-state index in [1.165, 1.54) is 0 Å². The van der Waals surface area contributed by atoms with E-state index in [1.54, 1.807) is 20.3 Å². The zero-order chi connectivity index (χ0) is 13.7. The van der Waals surface area contributed by atoms with Gasteiger partial charge in [-0.3, -0.25) is 0 Å². The van der Waals surface area contributed by atoms with Gasteiger partial charge in [-0.05, 0) is 25.0 Å². The number of aliphatic hydroxyl groups is 1. The van der Waals surface area contributed by atoms with Crippen molar-refractivity contribution in [2.45, 2.75) is 25.3 Å². The van der Waals surface area contributed by atoms with Gasteiger partial charge in [-0.1, -0.05) is 17.7 Å².